The number of nitro groups is 1. The Bertz CT molecular complexity index is 1230. The van der Waals surface area contributed by atoms with Crippen LogP contribution in [0, 0.1) is 17.0 Å². The van der Waals surface area contributed by atoms with E-state index in [1.165, 1.54) is 25.3 Å². The number of aromatic nitrogens is 3. The highest BCUT2D eigenvalue weighted by molar-refractivity contribution is 7.99. The van der Waals surface area contributed by atoms with Crippen molar-refractivity contribution in [1.82, 2.24) is 20.1 Å². The molecule has 2 aromatic carbocycles. The summed E-state index contributed by atoms with van der Waals surface area (Å²) < 4.78 is 6.68. The average Bonchev–Trinajstić information content (AvgIpc) is 3.18. The molecule has 1 heterocycles. The number of aryl methyl sites for hydroxylation is 1. The molecule has 0 unspecified atom stereocenters. The SMILES string of the molecule is COc1ccc(NC(=O)CSc2nnc([C@@H](C)NC(=O)c3cccc(C)c3)n2C)c([N+](=O)[O-])c1. The molecule has 2 N–H and O–H groups in total. The molecule has 3 aromatic rings. The van der Waals surface area contributed by atoms with Crippen LogP contribution in [0.25, 0.3) is 0 Å². The van der Waals surface area contributed by atoms with Crippen molar-refractivity contribution in [3.05, 3.63) is 69.5 Å². The number of ether oxygens (including phenoxy) is 1. The molecule has 0 aliphatic rings. The molecule has 0 radical (unpaired) electrons. The van der Waals surface area contributed by atoms with Gasteiger partial charge in [-0.25, -0.2) is 0 Å². The van der Waals surface area contributed by atoms with Crippen molar-refractivity contribution in [2.45, 2.75) is 25.0 Å². The smallest absolute Gasteiger partial charge is 0.296 e. The Labute approximate surface area is 200 Å². The number of rotatable bonds is 9. The van der Waals surface area contributed by atoms with Crippen molar-refractivity contribution in [3.63, 3.8) is 0 Å². The lowest BCUT2D eigenvalue weighted by molar-refractivity contribution is -0.384. The Kier molecular flexibility index (Phi) is 7.84. The first-order valence-electron chi connectivity index (χ1n) is 10.2. The third-order valence-electron chi connectivity index (χ3n) is 4.89. The topological polar surface area (TPSA) is 141 Å². The van der Waals surface area contributed by atoms with Crippen LogP contribution in [0.1, 0.15) is 34.7 Å². The number of methoxy groups -OCH3 is 1. The molecular formula is C22H24N6O5S. The number of thioether (sulfide) groups is 1. The van der Waals surface area contributed by atoms with E-state index < -0.39 is 16.9 Å². The fourth-order valence-corrected chi connectivity index (χ4v) is 3.89. The zero-order valence-corrected chi connectivity index (χ0v) is 19.9. The van der Waals surface area contributed by atoms with Crippen LogP contribution in [0.5, 0.6) is 5.75 Å². The lowest BCUT2D eigenvalue weighted by Crippen LogP contribution is -2.28. The number of nitrogens with zero attached hydrogens (tertiary/aromatic N) is 4. The monoisotopic (exact) mass is 484 g/mol. The first kappa shape index (κ1) is 24.7. The van der Waals surface area contributed by atoms with Crippen LogP contribution in [0.2, 0.25) is 0 Å². The largest absolute Gasteiger partial charge is 0.496 e. The first-order chi connectivity index (χ1) is 16.2. The summed E-state index contributed by atoms with van der Waals surface area (Å²) in [5.41, 5.74) is 1.34. The van der Waals surface area contributed by atoms with Gasteiger partial charge >= 0.3 is 0 Å². The number of nitrogens with one attached hydrogen (secondary N) is 2. The molecular weight excluding hydrogens is 460 g/mol. The third-order valence-corrected chi connectivity index (χ3v) is 5.91. The second-order valence-corrected chi connectivity index (χ2v) is 8.38. The van der Waals surface area contributed by atoms with Crippen LogP contribution in [-0.2, 0) is 11.8 Å². The average molecular weight is 485 g/mol. The highest BCUT2D eigenvalue weighted by atomic mass is 32.2. The van der Waals surface area contributed by atoms with E-state index in [1.54, 1.807) is 30.7 Å². The minimum Gasteiger partial charge on any atom is -0.496 e. The molecule has 0 saturated heterocycles. The van der Waals surface area contributed by atoms with Gasteiger partial charge in [-0.05, 0) is 38.1 Å². The summed E-state index contributed by atoms with van der Waals surface area (Å²) >= 11 is 1.12. The first-order valence-corrected chi connectivity index (χ1v) is 11.2. The minimum atomic E-state index is -0.591. The van der Waals surface area contributed by atoms with Gasteiger partial charge in [-0.15, -0.1) is 10.2 Å². The summed E-state index contributed by atoms with van der Waals surface area (Å²) in [5.74, 6) is 0.126. The summed E-state index contributed by atoms with van der Waals surface area (Å²) in [6, 6.07) is 11.0. The third kappa shape index (κ3) is 5.90. The van der Waals surface area contributed by atoms with Crippen LogP contribution in [-0.4, -0.2) is 44.4 Å². The fourth-order valence-electron chi connectivity index (χ4n) is 3.17. The van der Waals surface area contributed by atoms with Crippen molar-refractivity contribution < 1.29 is 19.2 Å². The standard InChI is InChI=1S/C22H24N6O5S/c1-13-6-5-7-15(10-13)21(30)23-14(2)20-25-26-22(27(20)3)34-12-19(29)24-17-9-8-16(33-4)11-18(17)28(31)32/h5-11,14H,12H2,1-4H3,(H,23,30)(H,24,29)/t14-/m1/s1. The predicted octanol–water partition coefficient (Wildman–Crippen LogP) is 3.26. The van der Waals surface area contributed by atoms with Gasteiger partial charge in [0.25, 0.3) is 11.6 Å². The Hall–Kier alpha value is -3.93. The Morgan fingerprint density at radius 2 is 2.00 bits per heavy atom. The Balaban J connectivity index is 1.61. The van der Waals surface area contributed by atoms with Crippen molar-refractivity contribution in [2.75, 3.05) is 18.2 Å². The molecule has 178 valence electrons. The van der Waals surface area contributed by atoms with Crippen molar-refractivity contribution >= 4 is 35.0 Å². The van der Waals surface area contributed by atoms with Crippen molar-refractivity contribution in [3.8, 4) is 5.75 Å². The van der Waals surface area contributed by atoms with Crippen molar-refractivity contribution in [2.24, 2.45) is 7.05 Å². The van der Waals surface area contributed by atoms with Gasteiger partial charge in [-0.1, -0.05) is 29.5 Å². The zero-order valence-electron chi connectivity index (χ0n) is 19.1. The number of carbonyl (C=O) groups excluding carboxylic acids is 2. The maximum absolute atomic E-state index is 12.5. The molecule has 12 heteroatoms. The molecule has 0 fully saturated rings. The van der Waals surface area contributed by atoms with E-state index in [0.717, 1.165) is 17.3 Å². The number of hydrogen-bond donors (Lipinski definition) is 2. The van der Waals surface area contributed by atoms with Gasteiger partial charge in [0.05, 0.1) is 29.9 Å². The zero-order chi connectivity index (χ0) is 24.8. The molecule has 0 saturated carbocycles. The predicted molar refractivity (Wildman–Crippen MR) is 127 cm³/mol. The van der Waals surface area contributed by atoms with Gasteiger partial charge in [0, 0.05) is 12.6 Å². The summed E-state index contributed by atoms with van der Waals surface area (Å²) in [6.07, 6.45) is 0. The molecule has 3 rings (SSSR count). The molecule has 1 atom stereocenters. The van der Waals surface area contributed by atoms with Crippen LogP contribution >= 0.6 is 11.8 Å². The molecule has 11 nitrogen and oxygen atoms in total. The van der Waals surface area contributed by atoms with E-state index in [1.807, 2.05) is 19.1 Å². The lowest BCUT2D eigenvalue weighted by Gasteiger charge is -2.14. The molecule has 0 aliphatic heterocycles. The second kappa shape index (κ2) is 10.8. The van der Waals surface area contributed by atoms with Crippen LogP contribution in [0.4, 0.5) is 11.4 Å². The summed E-state index contributed by atoms with van der Waals surface area (Å²) in [7, 11) is 3.14. The number of hydrogen-bond acceptors (Lipinski definition) is 8. The molecule has 2 amide bonds. The summed E-state index contributed by atoms with van der Waals surface area (Å²) in [4.78, 5) is 35.6. The molecule has 1 aromatic heterocycles. The van der Waals surface area contributed by atoms with Crippen LogP contribution in [0.15, 0.2) is 47.6 Å². The summed E-state index contributed by atoms with van der Waals surface area (Å²) in [5, 5.41) is 25.4. The van der Waals surface area contributed by atoms with Crippen LogP contribution in [0.3, 0.4) is 0 Å². The number of benzene rings is 2. The fraction of sp³-hybridized carbons (Fsp3) is 0.273. The van der Waals surface area contributed by atoms with Gasteiger partial charge in [-0.2, -0.15) is 0 Å². The summed E-state index contributed by atoms with van der Waals surface area (Å²) in [6.45, 7) is 3.71. The van der Waals surface area contributed by atoms with Crippen LogP contribution < -0.4 is 15.4 Å². The molecule has 0 bridgehead atoms. The normalized spacial score (nSPS) is 11.5. The highest BCUT2D eigenvalue weighted by Gasteiger charge is 2.20. The quantitative estimate of drug-likeness (QED) is 0.268. The Morgan fingerprint density at radius 1 is 1.24 bits per heavy atom. The second-order valence-electron chi connectivity index (χ2n) is 7.44. The van der Waals surface area contributed by atoms with E-state index in [0.29, 0.717) is 22.3 Å². The maximum atomic E-state index is 12.5. The number of carbonyl (C=O) groups is 2. The lowest BCUT2D eigenvalue weighted by atomic mass is 10.1. The number of nitro benzene ring substituents is 1. The maximum Gasteiger partial charge on any atom is 0.296 e. The number of amides is 2. The van der Waals surface area contributed by atoms with Gasteiger partial charge in [0.2, 0.25) is 5.91 Å². The van der Waals surface area contributed by atoms with E-state index in [4.69, 9.17) is 4.74 Å². The Morgan fingerprint density at radius 3 is 2.68 bits per heavy atom. The van der Waals surface area contributed by atoms with E-state index >= 15 is 0 Å². The molecule has 0 aliphatic carbocycles. The highest BCUT2D eigenvalue weighted by Crippen LogP contribution is 2.29. The van der Waals surface area contributed by atoms with E-state index in [9.17, 15) is 19.7 Å². The van der Waals surface area contributed by atoms with E-state index in [-0.39, 0.29) is 23.0 Å². The van der Waals surface area contributed by atoms with Gasteiger partial charge in [0.1, 0.15) is 11.4 Å². The molecule has 34 heavy (non-hydrogen) atoms. The van der Waals surface area contributed by atoms with Crippen molar-refractivity contribution in [1.29, 1.82) is 0 Å². The number of anilines is 1. The molecule has 0 spiro atoms. The van der Waals surface area contributed by atoms with Gasteiger partial charge in [-0.3, -0.25) is 19.7 Å². The van der Waals surface area contributed by atoms with Gasteiger partial charge < -0.3 is 19.9 Å². The minimum absolute atomic E-state index is 0.0425. The van der Waals surface area contributed by atoms with E-state index in [2.05, 4.69) is 20.8 Å². The van der Waals surface area contributed by atoms with Gasteiger partial charge in [0.15, 0.2) is 11.0 Å².